The Morgan fingerprint density at radius 1 is 1.35 bits per heavy atom. The molecule has 2 atom stereocenters. The predicted octanol–water partition coefficient (Wildman–Crippen LogP) is 0.103. The molecule has 0 aliphatic carbocycles. The van der Waals surface area contributed by atoms with Crippen LogP contribution in [-0.2, 0) is 11.3 Å². The Morgan fingerprint density at radius 2 is 2.05 bits per heavy atom. The molecule has 1 heterocycles. The molecule has 0 saturated carbocycles. The predicted molar refractivity (Wildman–Crippen MR) is 74.2 cm³/mol. The molecule has 0 amide bonds. The van der Waals surface area contributed by atoms with Crippen molar-refractivity contribution in [2.24, 2.45) is 0 Å². The summed E-state index contributed by atoms with van der Waals surface area (Å²) in [7, 11) is 1.63. The van der Waals surface area contributed by atoms with Gasteiger partial charge in [0.25, 0.3) is 0 Å². The van der Waals surface area contributed by atoms with Gasteiger partial charge in [0.2, 0.25) is 0 Å². The molecule has 0 aromatic heterocycles. The summed E-state index contributed by atoms with van der Waals surface area (Å²) in [6.45, 7) is 2.50. The number of aliphatic hydroxyl groups excluding tert-OH is 2. The van der Waals surface area contributed by atoms with Crippen LogP contribution in [0.15, 0.2) is 18.2 Å². The van der Waals surface area contributed by atoms with Gasteiger partial charge in [-0.05, 0) is 23.8 Å². The van der Waals surface area contributed by atoms with Crippen molar-refractivity contribution in [1.29, 1.82) is 0 Å². The summed E-state index contributed by atoms with van der Waals surface area (Å²) in [6.07, 6.45) is -1.51. The van der Waals surface area contributed by atoms with Gasteiger partial charge in [0.15, 0.2) is 0 Å². The van der Waals surface area contributed by atoms with Crippen molar-refractivity contribution < 1.29 is 19.3 Å². The summed E-state index contributed by atoms with van der Waals surface area (Å²) in [5.41, 5.74) is 1.65. The maximum atomic E-state index is 13.4. The molecule has 5 nitrogen and oxygen atoms in total. The lowest BCUT2D eigenvalue weighted by Crippen LogP contribution is -2.25. The lowest BCUT2D eigenvalue weighted by atomic mass is 10.1. The minimum Gasteiger partial charge on any atom is -0.389 e. The Bertz CT molecular complexity index is 434. The highest BCUT2D eigenvalue weighted by molar-refractivity contribution is 5.55. The molecule has 1 fully saturated rings. The number of hydrogen-bond acceptors (Lipinski definition) is 5. The largest absolute Gasteiger partial charge is 0.389 e. The number of β-amino-alcohol motifs (C(OH)–C–C–N with tert-alkyl or cyclic N) is 2. The lowest BCUT2D eigenvalue weighted by Gasteiger charge is -2.21. The quantitative estimate of drug-likeness (QED) is 0.647. The molecule has 1 aromatic rings. The third-order valence-corrected chi connectivity index (χ3v) is 3.44. The molecule has 0 bridgehead atoms. The number of benzene rings is 1. The van der Waals surface area contributed by atoms with Crippen molar-refractivity contribution in [1.82, 2.24) is 5.32 Å². The van der Waals surface area contributed by atoms with E-state index in [2.05, 4.69) is 5.32 Å². The van der Waals surface area contributed by atoms with Gasteiger partial charge in [-0.3, -0.25) is 0 Å². The monoisotopic (exact) mass is 284 g/mol. The smallest absolute Gasteiger partial charge is 0.123 e. The van der Waals surface area contributed by atoms with E-state index in [0.29, 0.717) is 32.8 Å². The number of anilines is 1. The Labute approximate surface area is 118 Å². The summed E-state index contributed by atoms with van der Waals surface area (Å²) in [5.74, 6) is -0.294. The first kappa shape index (κ1) is 15.2. The number of halogens is 1. The van der Waals surface area contributed by atoms with E-state index in [1.807, 2.05) is 4.90 Å². The third-order valence-electron chi connectivity index (χ3n) is 3.44. The van der Waals surface area contributed by atoms with E-state index in [1.165, 1.54) is 12.1 Å². The summed E-state index contributed by atoms with van der Waals surface area (Å²) in [5, 5.41) is 22.4. The zero-order valence-corrected chi connectivity index (χ0v) is 11.6. The average Bonchev–Trinajstić information content (AvgIpc) is 2.75. The van der Waals surface area contributed by atoms with Crippen LogP contribution in [0.4, 0.5) is 10.1 Å². The molecule has 1 saturated heterocycles. The fraction of sp³-hybridized carbons (Fsp3) is 0.571. The lowest BCUT2D eigenvalue weighted by molar-refractivity contribution is 0.0572. The fourth-order valence-electron chi connectivity index (χ4n) is 2.37. The van der Waals surface area contributed by atoms with Gasteiger partial charge < -0.3 is 25.2 Å². The van der Waals surface area contributed by atoms with Crippen molar-refractivity contribution in [2.45, 2.75) is 18.8 Å². The number of hydrogen-bond donors (Lipinski definition) is 3. The molecule has 1 aromatic carbocycles. The third kappa shape index (κ3) is 3.67. The maximum Gasteiger partial charge on any atom is 0.123 e. The maximum absolute atomic E-state index is 13.4. The standard InChI is InChI=1S/C14H21FN2O3/c1-20-5-4-16-7-10-6-11(15)2-3-12(10)17-8-13(18)14(19)9-17/h2-3,6,13-14,16,18-19H,4-5,7-9H2,1H3. The summed E-state index contributed by atoms with van der Waals surface area (Å²) in [4.78, 5) is 1.88. The first-order chi connectivity index (χ1) is 9.61. The Balaban J connectivity index is 2.07. The fourth-order valence-corrected chi connectivity index (χ4v) is 2.37. The molecule has 20 heavy (non-hydrogen) atoms. The number of aliphatic hydroxyl groups is 2. The second-order valence-corrected chi connectivity index (χ2v) is 4.98. The van der Waals surface area contributed by atoms with Gasteiger partial charge in [-0.2, -0.15) is 0 Å². The van der Waals surface area contributed by atoms with Gasteiger partial charge >= 0.3 is 0 Å². The van der Waals surface area contributed by atoms with Crippen molar-refractivity contribution in [2.75, 3.05) is 38.3 Å². The first-order valence-electron chi connectivity index (χ1n) is 6.71. The van der Waals surface area contributed by atoms with Crippen LogP contribution in [0.25, 0.3) is 0 Å². The normalized spacial score (nSPS) is 22.5. The van der Waals surface area contributed by atoms with E-state index < -0.39 is 12.2 Å². The summed E-state index contributed by atoms with van der Waals surface area (Å²) < 4.78 is 18.3. The molecule has 0 radical (unpaired) electrons. The van der Waals surface area contributed by atoms with Crippen molar-refractivity contribution >= 4 is 5.69 Å². The molecular formula is C14H21FN2O3. The molecule has 3 N–H and O–H groups in total. The Hall–Kier alpha value is -1.21. The second-order valence-electron chi connectivity index (χ2n) is 4.98. The summed E-state index contributed by atoms with van der Waals surface area (Å²) in [6, 6.07) is 4.56. The Morgan fingerprint density at radius 3 is 2.70 bits per heavy atom. The van der Waals surface area contributed by atoms with E-state index in [4.69, 9.17) is 4.74 Å². The second kappa shape index (κ2) is 6.99. The van der Waals surface area contributed by atoms with Crippen LogP contribution in [0.1, 0.15) is 5.56 Å². The minimum absolute atomic E-state index is 0.294. The van der Waals surface area contributed by atoms with Crippen molar-refractivity contribution in [3.8, 4) is 0 Å². The number of nitrogens with one attached hydrogen (secondary N) is 1. The molecule has 6 heteroatoms. The topological polar surface area (TPSA) is 65.0 Å². The van der Waals surface area contributed by atoms with Gasteiger partial charge in [-0.1, -0.05) is 0 Å². The van der Waals surface area contributed by atoms with E-state index in [-0.39, 0.29) is 5.82 Å². The highest BCUT2D eigenvalue weighted by atomic mass is 19.1. The average molecular weight is 284 g/mol. The highest BCUT2D eigenvalue weighted by Crippen LogP contribution is 2.25. The molecule has 112 valence electrons. The van der Waals surface area contributed by atoms with Gasteiger partial charge in [0, 0.05) is 39.0 Å². The van der Waals surface area contributed by atoms with Crippen LogP contribution in [0.3, 0.4) is 0 Å². The molecule has 2 rings (SSSR count). The van der Waals surface area contributed by atoms with Crippen LogP contribution in [0, 0.1) is 5.82 Å². The number of rotatable bonds is 6. The van der Waals surface area contributed by atoms with E-state index in [9.17, 15) is 14.6 Å². The highest BCUT2D eigenvalue weighted by Gasteiger charge is 2.30. The SMILES string of the molecule is COCCNCc1cc(F)ccc1N1CC(O)C(O)C1. The van der Waals surface area contributed by atoms with Gasteiger partial charge in [-0.15, -0.1) is 0 Å². The van der Waals surface area contributed by atoms with Gasteiger partial charge in [0.1, 0.15) is 5.82 Å². The molecule has 2 unspecified atom stereocenters. The molecular weight excluding hydrogens is 263 g/mol. The van der Waals surface area contributed by atoms with Crippen molar-refractivity contribution in [3.63, 3.8) is 0 Å². The Kier molecular flexibility index (Phi) is 5.31. The van der Waals surface area contributed by atoms with E-state index in [0.717, 1.165) is 11.3 Å². The van der Waals surface area contributed by atoms with Crippen LogP contribution in [-0.4, -0.2) is 55.8 Å². The van der Waals surface area contributed by atoms with Crippen molar-refractivity contribution in [3.05, 3.63) is 29.6 Å². The number of nitrogens with zero attached hydrogens (tertiary/aromatic N) is 1. The van der Waals surface area contributed by atoms with Crippen LogP contribution >= 0.6 is 0 Å². The minimum atomic E-state index is -0.755. The van der Waals surface area contributed by atoms with Crippen LogP contribution in [0.5, 0.6) is 0 Å². The van der Waals surface area contributed by atoms with E-state index >= 15 is 0 Å². The zero-order valence-electron chi connectivity index (χ0n) is 11.6. The molecule has 1 aliphatic rings. The molecule has 0 spiro atoms. The van der Waals surface area contributed by atoms with Crippen LogP contribution < -0.4 is 10.2 Å². The first-order valence-corrected chi connectivity index (χ1v) is 6.71. The van der Waals surface area contributed by atoms with Gasteiger partial charge in [-0.25, -0.2) is 4.39 Å². The van der Waals surface area contributed by atoms with Crippen LogP contribution in [0.2, 0.25) is 0 Å². The van der Waals surface area contributed by atoms with Gasteiger partial charge in [0.05, 0.1) is 18.8 Å². The zero-order chi connectivity index (χ0) is 14.5. The van der Waals surface area contributed by atoms with E-state index in [1.54, 1.807) is 13.2 Å². The number of methoxy groups -OCH3 is 1. The summed E-state index contributed by atoms with van der Waals surface area (Å²) >= 11 is 0. The number of ether oxygens (including phenoxy) is 1. The molecule has 1 aliphatic heterocycles.